The maximum Gasteiger partial charge on any atom is 0.256 e. The molecule has 0 saturated carbocycles. The molecule has 0 unspecified atom stereocenters. The molecule has 1 aromatic carbocycles. The number of carbonyl (C=O) groups is 1. The Morgan fingerprint density at radius 3 is 2.95 bits per heavy atom. The summed E-state index contributed by atoms with van der Waals surface area (Å²) in [6.07, 6.45) is 1.67. The van der Waals surface area contributed by atoms with E-state index in [1.807, 2.05) is 17.5 Å². The van der Waals surface area contributed by atoms with Crippen molar-refractivity contribution >= 4 is 34.7 Å². The van der Waals surface area contributed by atoms with Crippen molar-refractivity contribution in [3.63, 3.8) is 0 Å². The zero-order chi connectivity index (χ0) is 14.7. The van der Waals surface area contributed by atoms with Gasteiger partial charge >= 0.3 is 0 Å². The summed E-state index contributed by atoms with van der Waals surface area (Å²) >= 11 is 7.56. The molecule has 0 spiro atoms. The number of amides is 1. The highest BCUT2D eigenvalue weighted by Crippen LogP contribution is 2.16. The van der Waals surface area contributed by atoms with E-state index >= 15 is 0 Å². The van der Waals surface area contributed by atoms with Gasteiger partial charge in [0.25, 0.3) is 5.91 Å². The molecule has 0 aliphatic heterocycles. The second-order valence-electron chi connectivity index (χ2n) is 4.42. The molecule has 21 heavy (non-hydrogen) atoms. The third kappa shape index (κ3) is 3.32. The fourth-order valence-corrected chi connectivity index (χ4v) is 2.81. The molecule has 2 aromatic heterocycles. The third-order valence-electron chi connectivity index (χ3n) is 2.93. The van der Waals surface area contributed by atoms with E-state index in [2.05, 4.69) is 10.4 Å². The molecule has 0 aliphatic carbocycles. The Bertz CT molecular complexity index is 752. The number of halogens is 1. The zero-order valence-electron chi connectivity index (χ0n) is 11.0. The summed E-state index contributed by atoms with van der Waals surface area (Å²) in [4.78, 5) is 13.4. The molecule has 0 saturated heterocycles. The first kappa shape index (κ1) is 13.9. The van der Waals surface area contributed by atoms with Gasteiger partial charge in [-0.25, -0.2) is 4.68 Å². The second-order valence-corrected chi connectivity index (χ2v) is 5.89. The van der Waals surface area contributed by atoms with Gasteiger partial charge in [0, 0.05) is 21.5 Å². The first-order valence-corrected chi connectivity index (χ1v) is 7.59. The number of nitrogens with one attached hydrogen (secondary N) is 1. The van der Waals surface area contributed by atoms with Crippen LogP contribution in [0.3, 0.4) is 0 Å². The highest BCUT2D eigenvalue weighted by Gasteiger charge is 2.10. The summed E-state index contributed by atoms with van der Waals surface area (Å²) in [6.45, 7) is 0.635. The van der Waals surface area contributed by atoms with Crippen LogP contribution < -0.4 is 5.32 Å². The molecule has 0 atom stereocenters. The van der Waals surface area contributed by atoms with Crippen LogP contribution in [0, 0.1) is 0 Å². The topological polar surface area (TPSA) is 46.9 Å². The monoisotopic (exact) mass is 317 g/mol. The minimum Gasteiger partial charge on any atom is -0.307 e. The Kier molecular flexibility index (Phi) is 4.03. The fraction of sp³-hybridized carbons (Fsp3) is 0.0667. The SMILES string of the molecule is O=C(Nc1ccnn1Cc1cccs1)c1cccc(Cl)c1. The van der Waals surface area contributed by atoms with Gasteiger partial charge in [-0.15, -0.1) is 11.3 Å². The molecule has 106 valence electrons. The van der Waals surface area contributed by atoms with Gasteiger partial charge in [0.15, 0.2) is 0 Å². The largest absolute Gasteiger partial charge is 0.307 e. The van der Waals surface area contributed by atoms with Crippen molar-refractivity contribution in [2.24, 2.45) is 0 Å². The molecule has 1 N–H and O–H groups in total. The lowest BCUT2D eigenvalue weighted by molar-refractivity contribution is 0.102. The molecule has 3 aromatic rings. The first-order valence-electron chi connectivity index (χ1n) is 6.33. The van der Waals surface area contributed by atoms with Crippen molar-refractivity contribution in [1.82, 2.24) is 9.78 Å². The van der Waals surface area contributed by atoms with E-state index in [1.54, 1.807) is 52.5 Å². The van der Waals surface area contributed by atoms with Gasteiger partial charge in [-0.05, 0) is 29.6 Å². The number of nitrogens with zero attached hydrogens (tertiary/aromatic N) is 2. The quantitative estimate of drug-likeness (QED) is 0.793. The van der Waals surface area contributed by atoms with E-state index < -0.39 is 0 Å². The average molecular weight is 318 g/mol. The second kappa shape index (κ2) is 6.11. The number of rotatable bonds is 4. The normalized spacial score (nSPS) is 10.5. The van der Waals surface area contributed by atoms with Gasteiger partial charge in [0.05, 0.1) is 12.7 Å². The van der Waals surface area contributed by atoms with Crippen LogP contribution in [-0.4, -0.2) is 15.7 Å². The predicted molar refractivity (Wildman–Crippen MR) is 85.1 cm³/mol. The highest BCUT2D eigenvalue weighted by atomic mass is 35.5. The van der Waals surface area contributed by atoms with Crippen molar-refractivity contribution in [2.75, 3.05) is 5.32 Å². The Balaban J connectivity index is 1.76. The molecule has 4 nitrogen and oxygen atoms in total. The lowest BCUT2D eigenvalue weighted by Crippen LogP contribution is -2.16. The van der Waals surface area contributed by atoms with E-state index in [0.29, 0.717) is 22.9 Å². The van der Waals surface area contributed by atoms with Crippen molar-refractivity contribution < 1.29 is 4.79 Å². The number of anilines is 1. The summed E-state index contributed by atoms with van der Waals surface area (Å²) < 4.78 is 1.76. The lowest BCUT2D eigenvalue weighted by atomic mass is 10.2. The molecule has 0 radical (unpaired) electrons. The van der Waals surface area contributed by atoms with Crippen LogP contribution in [0.1, 0.15) is 15.2 Å². The maximum atomic E-state index is 12.2. The van der Waals surface area contributed by atoms with Gasteiger partial charge in [0.1, 0.15) is 5.82 Å². The molecule has 1 amide bonds. The summed E-state index contributed by atoms with van der Waals surface area (Å²) in [5, 5.41) is 9.65. The summed E-state index contributed by atoms with van der Waals surface area (Å²) in [5.74, 6) is 0.457. The number of thiophene rings is 1. The number of hydrogen-bond acceptors (Lipinski definition) is 3. The first-order chi connectivity index (χ1) is 10.2. The van der Waals surface area contributed by atoms with E-state index in [-0.39, 0.29) is 5.91 Å². The van der Waals surface area contributed by atoms with Gasteiger partial charge < -0.3 is 5.32 Å². The Hall–Kier alpha value is -2.11. The number of hydrogen-bond donors (Lipinski definition) is 1. The molecular weight excluding hydrogens is 306 g/mol. The van der Waals surface area contributed by atoms with Crippen LogP contribution >= 0.6 is 22.9 Å². The molecule has 0 aliphatic rings. The van der Waals surface area contributed by atoms with E-state index in [1.165, 1.54) is 4.88 Å². The molecule has 0 fully saturated rings. The van der Waals surface area contributed by atoms with Crippen molar-refractivity contribution in [3.8, 4) is 0 Å². The van der Waals surface area contributed by atoms with Crippen LogP contribution in [0.25, 0.3) is 0 Å². The third-order valence-corrected chi connectivity index (χ3v) is 4.03. The standard InChI is InChI=1S/C15H12ClN3OS/c16-12-4-1-3-11(9-12)15(20)18-14-6-7-17-19(14)10-13-5-2-8-21-13/h1-9H,10H2,(H,18,20). The Morgan fingerprint density at radius 1 is 1.29 bits per heavy atom. The summed E-state index contributed by atoms with van der Waals surface area (Å²) in [7, 11) is 0. The fourth-order valence-electron chi connectivity index (χ4n) is 1.93. The number of carbonyl (C=O) groups excluding carboxylic acids is 1. The van der Waals surface area contributed by atoms with Gasteiger partial charge in [0.2, 0.25) is 0 Å². The molecule has 6 heteroatoms. The maximum absolute atomic E-state index is 12.2. The molecule has 2 heterocycles. The van der Waals surface area contributed by atoms with E-state index in [4.69, 9.17) is 11.6 Å². The lowest BCUT2D eigenvalue weighted by Gasteiger charge is -2.08. The molecular formula is C15H12ClN3OS. The Labute approximate surface area is 131 Å². The number of aromatic nitrogens is 2. The number of benzene rings is 1. The minimum absolute atomic E-state index is 0.203. The van der Waals surface area contributed by atoms with Crippen LogP contribution in [0.15, 0.2) is 54.0 Å². The minimum atomic E-state index is -0.203. The zero-order valence-corrected chi connectivity index (χ0v) is 12.6. The van der Waals surface area contributed by atoms with Crippen molar-refractivity contribution in [2.45, 2.75) is 6.54 Å². The molecule has 3 rings (SSSR count). The Morgan fingerprint density at radius 2 is 2.19 bits per heavy atom. The van der Waals surface area contributed by atoms with E-state index in [9.17, 15) is 4.79 Å². The van der Waals surface area contributed by atoms with Crippen LogP contribution in [0.4, 0.5) is 5.82 Å². The smallest absolute Gasteiger partial charge is 0.256 e. The van der Waals surface area contributed by atoms with Crippen LogP contribution in [-0.2, 0) is 6.54 Å². The van der Waals surface area contributed by atoms with Gasteiger partial charge in [-0.3, -0.25) is 4.79 Å². The molecule has 0 bridgehead atoms. The average Bonchev–Trinajstić information content (AvgIpc) is 3.12. The van der Waals surface area contributed by atoms with Gasteiger partial charge in [-0.1, -0.05) is 23.7 Å². The summed E-state index contributed by atoms with van der Waals surface area (Å²) in [5.41, 5.74) is 0.520. The highest BCUT2D eigenvalue weighted by molar-refractivity contribution is 7.09. The van der Waals surface area contributed by atoms with Crippen LogP contribution in [0.2, 0.25) is 5.02 Å². The van der Waals surface area contributed by atoms with Crippen molar-refractivity contribution in [3.05, 3.63) is 69.5 Å². The van der Waals surface area contributed by atoms with Gasteiger partial charge in [-0.2, -0.15) is 5.10 Å². The van der Waals surface area contributed by atoms with Crippen molar-refractivity contribution in [1.29, 1.82) is 0 Å². The van der Waals surface area contributed by atoms with E-state index in [0.717, 1.165) is 0 Å². The predicted octanol–water partition coefficient (Wildman–Crippen LogP) is 3.90. The summed E-state index contributed by atoms with van der Waals surface area (Å²) in [6, 6.07) is 12.6. The van der Waals surface area contributed by atoms with Crippen LogP contribution in [0.5, 0.6) is 0 Å².